The van der Waals surface area contributed by atoms with E-state index in [0.29, 0.717) is 13.1 Å². The van der Waals surface area contributed by atoms with Gasteiger partial charge >= 0.3 is 0 Å². The zero-order valence-corrected chi connectivity index (χ0v) is 20.6. The van der Waals surface area contributed by atoms with Crippen LogP contribution in [0.5, 0.6) is 0 Å². The van der Waals surface area contributed by atoms with Crippen LogP contribution in [0, 0.1) is 18.6 Å². The molecule has 4 aromatic carbocycles. The number of hydrogen-bond donors (Lipinski definition) is 1. The van der Waals surface area contributed by atoms with Gasteiger partial charge in [-0.3, -0.25) is 4.79 Å². The van der Waals surface area contributed by atoms with E-state index in [0.717, 1.165) is 38.7 Å². The highest BCUT2D eigenvalue weighted by Crippen LogP contribution is 2.35. The molecule has 0 fully saturated rings. The summed E-state index contributed by atoms with van der Waals surface area (Å²) in [6.07, 6.45) is 2.39. The minimum Gasteiger partial charge on any atom is -0.352 e. The van der Waals surface area contributed by atoms with Gasteiger partial charge in [-0.05, 0) is 59.5 Å². The molecule has 0 aliphatic heterocycles. The second-order valence-electron chi connectivity index (χ2n) is 9.43. The number of para-hydroxylation sites is 1. The van der Waals surface area contributed by atoms with Crippen molar-refractivity contribution in [1.82, 2.24) is 9.88 Å². The fourth-order valence-corrected chi connectivity index (χ4v) is 4.82. The Morgan fingerprint density at radius 1 is 0.838 bits per heavy atom. The Morgan fingerprint density at radius 3 is 2.22 bits per heavy atom. The SMILES string of the molecule is Cc1cccc([C@H](CC(=O)NCc2ccc(F)cc2)c2cn(Cc3ccc(F)cc3)c3ccccc23)c1. The van der Waals surface area contributed by atoms with Crippen LogP contribution in [0.1, 0.15) is 40.2 Å². The van der Waals surface area contributed by atoms with Gasteiger partial charge in [-0.15, -0.1) is 0 Å². The van der Waals surface area contributed by atoms with Gasteiger partial charge in [-0.2, -0.15) is 0 Å². The van der Waals surface area contributed by atoms with Gasteiger partial charge in [0.2, 0.25) is 5.91 Å². The monoisotopic (exact) mass is 494 g/mol. The van der Waals surface area contributed by atoms with Gasteiger partial charge in [-0.1, -0.05) is 72.3 Å². The molecule has 1 aromatic heterocycles. The molecule has 1 heterocycles. The number of benzene rings is 4. The quantitative estimate of drug-likeness (QED) is 0.245. The number of carbonyl (C=O) groups is 1. The first-order valence-electron chi connectivity index (χ1n) is 12.4. The van der Waals surface area contributed by atoms with Crippen molar-refractivity contribution in [3.8, 4) is 0 Å². The van der Waals surface area contributed by atoms with Crippen LogP contribution < -0.4 is 5.32 Å². The van der Waals surface area contributed by atoms with E-state index in [1.165, 1.54) is 24.3 Å². The molecule has 5 rings (SSSR count). The van der Waals surface area contributed by atoms with E-state index in [1.54, 1.807) is 24.3 Å². The summed E-state index contributed by atoms with van der Waals surface area (Å²) < 4.78 is 28.9. The van der Waals surface area contributed by atoms with Crippen LogP contribution in [0.15, 0.2) is 103 Å². The molecule has 1 N–H and O–H groups in total. The molecule has 0 saturated heterocycles. The fourth-order valence-electron chi connectivity index (χ4n) is 4.82. The Hall–Kier alpha value is -4.25. The van der Waals surface area contributed by atoms with Gasteiger partial charge in [0.25, 0.3) is 0 Å². The number of rotatable bonds is 8. The van der Waals surface area contributed by atoms with Crippen LogP contribution in [0.2, 0.25) is 0 Å². The third kappa shape index (κ3) is 5.78. The van der Waals surface area contributed by atoms with Crippen molar-refractivity contribution >= 4 is 16.8 Å². The van der Waals surface area contributed by atoms with Crippen molar-refractivity contribution in [2.24, 2.45) is 0 Å². The average molecular weight is 495 g/mol. The van der Waals surface area contributed by atoms with Gasteiger partial charge in [0.05, 0.1) is 0 Å². The van der Waals surface area contributed by atoms with E-state index in [4.69, 9.17) is 0 Å². The number of fused-ring (bicyclic) bond motifs is 1. The molecule has 1 amide bonds. The van der Waals surface area contributed by atoms with Crippen LogP contribution in [-0.2, 0) is 17.9 Å². The minimum absolute atomic E-state index is 0.0776. The zero-order chi connectivity index (χ0) is 25.8. The van der Waals surface area contributed by atoms with Crippen LogP contribution in [-0.4, -0.2) is 10.5 Å². The standard InChI is InChI=1S/C32H28F2N2O/c1-22-5-4-6-25(17-22)29(18-32(37)35-19-23-9-13-26(33)14-10-23)30-21-36(31-8-3-2-7-28(30)31)20-24-11-15-27(34)16-12-24/h2-17,21,29H,18-20H2,1H3,(H,35,37)/t29-/m0/s1. The van der Waals surface area contributed by atoms with Gasteiger partial charge in [0.15, 0.2) is 0 Å². The highest BCUT2D eigenvalue weighted by atomic mass is 19.1. The molecule has 5 aromatic rings. The predicted molar refractivity (Wildman–Crippen MR) is 143 cm³/mol. The topological polar surface area (TPSA) is 34.0 Å². The predicted octanol–water partition coefficient (Wildman–Crippen LogP) is 7.11. The Morgan fingerprint density at radius 2 is 1.51 bits per heavy atom. The van der Waals surface area contributed by atoms with Crippen LogP contribution in [0.4, 0.5) is 8.78 Å². The Bertz CT molecular complexity index is 1520. The van der Waals surface area contributed by atoms with Crippen molar-refractivity contribution in [2.45, 2.75) is 32.4 Å². The summed E-state index contributed by atoms with van der Waals surface area (Å²) >= 11 is 0. The molecule has 0 saturated carbocycles. The van der Waals surface area contributed by atoms with Gasteiger partial charge in [0, 0.05) is 42.5 Å². The molecule has 186 valence electrons. The summed E-state index contributed by atoms with van der Waals surface area (Å²) in [5.74, 6) is -0.793. The van der Waals surface area contributed by atoms with Crippen LogP contribution >= 0.6 is 0 Å². The summed E-state index contributed by atoms with van der Waals surface area (Å²) in [7, 11) is 0. The van der Waals surface area contributed by atoms with E-state index in [1.807, 2.05) is 31.2 Å². The van der Waals surface area contributed by atoms with Gasteiger partial charge in [-0.25, -0.2) is 8.78 Å². The smallest absolute Gasteiger partial charge is 0.221 e. The molecule has 0 bridgehead atoms. The average Bonchev–Trinajstić information content (AvgIpc) is 3.26. The van der Waals surface area contributed by atoms with Gasteiger partial charge in [0.1, 0.15) is 11.6 Å². The van der Waals surface area contributed by atoms with Crippen LogP contribution in [0.3, 0.4) is 0 Å². The first kappa shape index (κ1) is 24.4. The number of aryl methyl sites for hydroxylation is 1. The minimum atomic E-state index is -0.299. The normalized spacial score (nSPS) is 12.0. The summed E-state index contributed by atoms with van der Waals surface area (Å²) in [6.45, 7) is 2.98. The molecular formula is C32H28F2N2O. The fraction of sp³-hybridized carbons (Fsp3) is 0.156. The first-order chi connectivity index (χ1) is 18.0. The summed E-state index contributed by atoms with van der Waals surface area (Å²) in [6, 6.07) is 29.1. The summed E-state index contributed by atoms with van der Waals surface area (Å²) in [5, 5.41) is 4.08. The van der Waals surface area contributed by atoms with E-state index in [-0.39, 0.29) is 29.9 Å². The lowest BCUT2D eigenvalue weighted by Crippen LogP contribution is -2.25. The number of nitrogens with zero attached hydrogens (tertiary/aromatic N) is 1. The maximum atomic E-state index is 13.5. The number of halogens is 2. The number of hydrogen-bond acceptors (Lipinski definition) is 1. The Balaban J connectivity index is 1.48. The second kappa shape index (κ2) is 10.8. The molecule has 5 heteroatoms. The number of aromatic nitrogens is 1. The van der Waals surface area contributed by atoms with Crippen LogP contribution in [0.25, 0.3) is 10.9 Å². The molecule has 0 unspecified atom stereocenters. The summed E-state index contributed by atoms with van der Waals surface area (Å²) in [4.78, 5) is 13.2. The highest BCUT2D eigenvalue weighted by Gasteiger charge is 2.23. The lowest BCUT2D eigenvalue weighted by atomic mass is 9.87. The highest BCUT2D eigenvalue weighted by molar-refractivity contribution is 5.86. The largest absolute Gasteiger partial charge is 0.352 e. The number of amides is 1. The van der Waals surface area contributed by atoms with E-state index in [9.17, 15) is 13.6 Å². The van der Waals surface area contributed by atoms with E-state index >= 15 is 0 Å². The molecule has 1 atom stereocenters. The van der Waals surface area contributed by atoms with Crippen molar-refractivity contribution in [1.29, 1.82) is 0 Å². The van der Waals surface area contributed by atoms with Gasteiger partial charge < -0.3 is 9.88 Å². The molecular weight excluding hydrogens is 466 g/mol. The Labute approximate surface area is 215 Å². The molecule has 37 heavy (non-hydrogen) atoms. The van der Waals surface area contributed by atoms with Crippen molar-refractivity contribution in [3.63, 3.8) is 0 Å². The van der Waals surface area contributed by atoms with Crippen molar-refractivity contribution < 1.29 is 13.6 Å². The molecule has 3 nitrogen and oxygen atoms in total. The lowest BCUT2D eigenvalue weighted by molar-refractivity contribution is -0.121. The van der Waals surface area contributed by atoms with E-state index in [2.05, 4.69) is 40.3 Å². The van der Waals surface area contributed by atoms with E-state index < -0.39 is 0 Å². The van der Waals surface area contributed by atoms with Crippen molar-refractivity contribution in [2.75, 3.05) is 0 Å². The second-order valence-corrected chi connectivity index (χ2v) is 9.43. The maximum absolute atomic E-state index is 13.5. The van der Waals surface area contributed by atoms with Crippen molar-refractivity contribution in [3.05, 3.63) is 143 Å². The summed E-state index contributed by atoms with van der Waals surface area (Å²) in [5.41, 5.74) is 6.17. The third-order valence-corrected chi connectivity index (χ3v) is 6.70. The third-order valence-electron chi connectivity index (χ3n) is 6.70. The number of nitrogens with one attached hydrogen (secondary N) is 1. The lowest BCUT2D eigenvalue weighted by Gasteiger charge is -2.18. The molecule has 0 radical (unpaired) electrons. The number of carbonyl (C=O) groups excluding carboxylic acids is 1. The maximum Gasteiger partial charge on any atom is 0.221 e. The Kier molecular flexibility index (Phi) is 7.13. The molecule has 0 aliphatic rings. The zero-order valence-electron chi connectivity index (χ0n) is 20.6. The molecule has 0 aliphatic carbocycles. The molecule has 0 spiro atoms. The first-order valence-corrected chi connectivity index (χ1v) is 12.4.